The fourth-order valence-corrected chi connectivity index (χ4v) is 5.69. The van der Waals surface area contributed by atoms with E-state index in [1.807, 2.05) is 29.1 Å². The third-order valence-corrected chi connectivity index (χ3v) is 7.91. The average Bonchev–Trinajstić information content (AvgIpc) is 3.35. The molecule has 6 heteroatoms. The molecule has 3 aromatic rings. The summed E-state index contributed by atoms with van der Waals surface area (Å²) in [6.45, 7) is 2.17. The number of nitrogens with zero attached hydrogens (tertiary/aromatic N) is 2. The van der Waals surface area contributed by atoms with E-state index >= 15 is 0 Å². The first kappa shape index (κ1) is 22.5. The third kappa shape index (κ3) is 3.76. The van der Waals surface area contributed by atoms with Crippen LogP contribution in [-0.4, -0.2) is 33.4 Å². The molecule has 1 amide bonds. The van der Waals surface area contributed by atoms with Crippen LogP contribution < -0.4 is 5.32 Å². The molecule has 2 aromatic carbocycles. The highest BCUT2D eigenvalue weighted by molar-refractivity contribution is 5.78. The number of halogens is 1. The average molecular weight is 460 g/mol. The van der Waals surface area contributed by atoms with E-state index in [9.17, 15) is 14.3 Å². The van der Waals surface area contributed by atoms with Crippen LogP contribution in [0.4, 0.5) is 4.39 Å². The summed E-state index contributed by atoms with van der Waals surface area (Å²) in [7, 11) is 1.65. The molecule has 1 saturated carbocycles. The maximum atomic E-state index is 13.4. The van der Waals surface area contributed by atoms with Crippen LogP contribution >= 0.6 is 0 Å². The van der Waals surface area contributed by atoms with Crippen molar-refractivity contribution in [2.75, 3.05) is 7.05 Å². The van der Waals surface area contributed by atoms with Crippen LogP contribution in [0.15, 0.2) is 60.3 Å². The molecule has 2 aliphatic rings. The normalized spacial score (nSPS) is 23.2. The number of nitrogens with one attached hydrogen (secondary N) is 1. The summed E-state index contributed by atoms with van der Waals surface area (Å²) in [5.41, 5.74) is 5.09. The van der Waals surface area contributed by atoms with Gasteiger partial charge in [0, 0.05) is 12.5 Å². The smallest absolute Gasteiger partial charge is 0.224 e. The molecule has 2 aliphatic carbocycles. The minimum absolute atomic E-state index is 0.0119. The van der Waals surface area contributed by atoms with E-state index in [2.05, 4.69) is 29.5 Å². The van der Waals surface area contributed by atoms with E-state index in [0.29, 0.717) is 32.1 Å². The zero-order valence-corrected chi connectivity index (χ0v) is 19.6. The molecular formula is C28H30FN3O2. The van der Waals surface area contributed by atoms with E-state index < -0.39 is 5.60 Å². The highest BCUT2D eigenvalue weighted by Gasteiger charge is 2.54. The van der Waals surface area contributed by atoms with Gasteiger partial charge in [0.1, 0.15) is 5.82 Å². The largest absolute Gasteiger partial charge is 0.389 e. The summed E-state index contributed by atoms with van der Waals surface area (Å²) >= 11 is 0. The lowest BCUT2D eigenvalue weighted by Crippen LogP contribution is -2.45. The summed E-state index contributed by atoms with van der Waals surface area (Å²) in [6.07, 6.45) is 8.00. The summed E-state index contributed by atoms with van der Waals surface area (Å²) in [6, 6.07) is 14.3. The molecule has 5 rings (SSSR count). The number of hydrogen-bond acceptors (Lipinski definition) is 3. The first-order valence-corrected chi connectivity index (χ1v) is 11.9. The van der Waals surface area contributed by atoms with Crippen LogP contribution in [0, 0.1) is 11.2 Å². The quantitative estimate of drug-likeness (QED) is 0.574. The Hall–Kier alpha value is -3.25. The number of fused-ring (bicyclic) bond motifs is 2. The van der Waals surface area contributed by atoms with Gasteiger partial charge in [-0.05, 0) is 79.1 Å². The van der Waals surface area contributed by atoms with Crippen LogP contribution in [-0.2, 0) is 24.1 Å². The molecule has 1 fully saturated rings. The zero-order valence-electron chi connectivity index (χ0n) is 19.6. The van der Waals surface area contributed by atoms with Gasteiger partial charge in [0.2, 0.25) is 5.91 Å². The Labute approximate surface area is 199 Å². The van der Waals surface area contributed by atoms with Crippen molar-refractivity contribution in [2.24, 2.45) is 5.41 Å². The molecule has 1 heterocycles. The number of aromatic nitrogens is 2. The van der Waals surface area contributed by atoms with E-state index in [-0.39, 0.29) is 17.1 Å². The molecule has 2 atom stereocenters. The molecule has 0 aliphatic heterocycles. The number of carbonyl (C=O) groups excluding carboxylic acids is 1. The van der Waals surface area contributed by atoms with Crippen molar-refractivity contribution < 1.29 is 14.3 Å². The van der Waals surface area contributed by atoms with Crippen molar-refractivity contribution in [1.29, 1.82) is 0 Å². The number of aryl methyl sites for hydroxylation is 1. The van der Waals surface area contributed by atoms with Gasteiger partial charge in [0.25, 0.3) is 0 Å². The van der Waals surface area contributed by atoms with Gasteiger partial charge in [-0.25, -0.2) is 9.07 Å². The van der Waals surface area contributed by atoms with Crippen LogP contribution in [0.25, 0.3) is 11.8 Å². The number of benzene rings is 2. The fourth-order valence-electron chi connectivity index (χ4n) is 5.69. The second-order valence-corrected chi connectivity index (χ2v) is 9.77. The van der Waals surface area contributed by atoms with E-state index in [1.165, 1.54) is 17.7 Å². The van der Waals surface area contributed by atoms with Crippen LogP contribution in [0.5, 0.6) is 0 Å². The Morgan fingerprint density at radius 2 is 1.91 bits per heavy atom. The van der Waals surface area contributed by atoms with Crippen molar-refractivity contribution in [3.63, 3.8) is 0 Å². The van der Waals surface area contributed by atoms with Crippen molar-refractivity contribution in [2.45, 2.75) is 51.0 Å². The van der Waals surface area contributed by atoms with Crippen LogP contribution in [0.2, 0.25) is 0 Å². The van der Waals surface area contributed by atoms with Crippen molar-refractivity contribution >= 4 is 12.0 Å². The maximum absolute atomic E-state index is 13.4. The third-order valence-electron chi connectivity index (χ3n) is 7.91. The highest BCUT2D eigenvalue weighted by atomic mass is 19.1. The van der Waals surface area contributed by atoms with Crippen molar-refractivity contribution in [3.8, 4) is 5.69 Å². The summed E-state index contributed by atoms with van der Waals surface area (Å²) in [5, 5.41) is 19.2. The van der Waals surface area contributed by atoms with Crippen LogP contribution in [0.1, 0.15) is 48.6 Å². The standard InChI is InChI=1S/C28H30FN3O2/c1-27-17-21-18-31-32(24-9-7-23(29)8-10-24)25(21)16-22(27)12-14-28(27,34)13-11-19-5-3-4-6-20(19)15-26(33)30-2/h3-10,16,18,34H,11-15,17H2,1-2H3,(H,30,33)/t27-,28-/m0/s1. The summed E-state index contributed by atoms with van der Waals surface area (Å²) in [5.74, 6) is -0.282. The lowest BCUT2D eigenvalue weighted by atomic mass is 9.65. The molecule has 1 aromatic heterocycles. The SMILES string of the molecule is CNC(=O)Cc1ccccc1CC[C@]1(O)CCC2=Cc3c(cnn3-c3ccc(F)cc3)C[C@@]21C. The maximum Gasteiger partial charge on any atom is 0.224 e. The van der Waals surface area contributed by atoms with Gasteiger partial charge in [-0.2, -0.15) is 5.10 Å². The number of rotatable bonds is 6. The lowest BCUT2D eigenvalue weighted by Gasteiger charge is -2.42. The molecule has 176 valence electrons. The number of amides is 1. The second kappa shape index (κ2) is 8.51. The van der Waals surface area contributed by atoms with E-state index in [4.69, 9.17) is 0 Å². The minimum Gasteiger partial charge on any atom is -0.389 e. The Kier molecular flexibility index (Phi) is 5.64. The molecule has 2 N–H and O–H groups in total. The number of hydrogen-bond donors (Lipinski definition) is 2. The topological polar surface area (TPSA) is 67.2 Å². The van der Waals surface area contributed by atoms with Gasteiger partial charge in [-0.1, -0.05) is 36.8 Å². The molecule has 5 nitrogen and oxygen atoms in total. The molecular weight excluding hydrogens is 429 g/mol. The monoisotopic (exact) mass is 459 g/mol. The van der Waals surface area contributed by atoms with Gasteiger partial charge < -0.3 is 10.4 Å². The highest BCUT2D eigenvalue weighted by Crippen LogP contribution is 2.56. The molecule has 0 unspecified atom stereocenters. The number of likely N-dealkylation sites (N-methyl/N-ethyl adjacent to an activating group) is 1. The van der Waals surface area contributed by atoms with Crippen LogP contribution in [0.3, 0.4) is 0 Å². The fraction of sp³-hybridized carbons (Fsp3) is 0.357. The summed E-state index contributed by atoms with van der Waals surface area (Å²) in [4.78, 5) is 11.9. The van der Waals surface area contributed by atoms with Crippen molar-refractivity contribution in [3.05, 3.63) is 88.5 Å². The predicted octanol–water partition coefficient (Wildman–Crippen LogP) is 4.40. The Balaban J connectivity index is 1.39. The second-order valence-electron chi connectivity index (χ2n) is 9.77. The molecule has 34 heavy (non-hydrogen) atoms. The van der Waals surface area contributed by atoms with Gasteiger partial charge in [-0.15, -0.1) is 0 Å². The molecule has 0 bridgehead atoms. The lowest BCUT2D eigenvalue weighted by molar-refractivity contribution is -0.119. The van der Waals surface area contributed by atoms with Gasteiger partial charge in [0.15, 0.2) is 0 Å². The molecule has 0 radical (unpaired) electrons. The van der Waals surface area contributed by atoms with Gasteiger partial charge in [-0.3, -0.25) is 4.79 Å². The zero-order chi connectivity index (χ0) is 23.9. The Morgan fingerprint density at radius 3 is 2.65 bits per heavy atom. The van der Waals surface area contributed by atoms with Gasteiger partial charge >= 0.3 is 0 Å². The number of aliphatic hydroxyl groups is 1. The summed E-state index contributed by atoms with van der Waals surface area (Å²) < 4.78 is 15.2. The Morgan fingerprint density at radius 1 is 1.18 bits per heavy atom. The van der Waals surface area contributed by atoms with Gasteiger partial charge in [0.05, 0.1) is 29.6 Å². The van der Waals surface area contributed by atoms with E-state index in [0.717, 1.165) is 34.5 Å². The Bertz CT molecular complexity index is 1260. The first-order valence-electron chi connectivity index (χ1n) is 11.9. The van der Waals surface area contributed by atoms with E-state index in [1.54, 1.807) is 19.2 Å². The predicted molar refractivity (Wildman–Crippen MR) is 130 cm³/mol. The van der Waals surface area contributed by atoms with Crippen molar-refractivity contribution in [1.82, 2.24) is 15.1 Å². The molecule has 0 spiro atoms. The minimum atomic E-state index is -0.839. The molecule has 0 saturated heterocycles. The first-order chi connectivity index (χ1) is 16.3. The number of carbonyl (C=O) groups is 1.